The van der Waals surface area contributed by atoms with Gasteiger partial charge in [-0.05, 0) is 62.1 Å². The van der Waals surface area contributed by atoms with Crippen molar-refractivity contribution < 1.29 is 13.7 Å². The molecule has 31 heavy (non-hydrogen) atoms. The van der Waals surface area contributed by atoms with Gasteiger partial charge < -0.3 is 13.7 Å². The van der Waals surface area contributed by atoms with Crippen molar-refractivity contribution in [1.82, 2.24) is 0 Å². The van der Waals surface area contributed by atoms with Crippen LogP contribution in [0.4, 0.5) is 0 Å². The maximum atomic E-state index is 6.49. The highest BCUT2D eigenvalue weighted by atomic mass is 16.7. The second-order valence-corrected chi connectivity index (χ2v) is 10.5. The Balaban J connectivity index is 1.58. The van der Waals surface area contributed by atoms with Crippen LogP contribution in [-0.4, -0.2) is 18.3 Å². The van der Waals surface area contributed by atoms with Crippen molar-refractivity contribution in [2.24, 2.45) is 0 Å². The first-order chi connectivity index (χ1) is 14.6. The van der Waals surface area contributed by atoms with Gasteiger partial charge in [0.2, 0.25) is 0 Å². The molecule has 1 fully saturated rings. The first kappa shape index (κ1) is 19.2. The van der Waals surface area contributed by atoms with Gasteiger partial charge in [-0.1, -0.05) is 56.3 Å². The van der Waals surface area contributed by atoms with Crippen molar-refractivity contribution >= 4 is 34.5 Å². The summed E-state index contributed by atoms with van der Waals surface area (Å²) in [4.78, 5) is 0. The van der Waals surface area contributed by atoms with E-state index in [4.69, 9.17) is 13.7 Å². The smallest absolute Gasteiger partial charge is 0.456 e. The Morgan fingerprint density at radius 1 is 0.677 bits per heavy atom. The molecule has 1 aliphatic carbocycles. The number of benzene rings is 3. The van der Waals surface area contributed by atoms with Crippen LogP contribution in [-0.2, 0) is 14.7 Å². The zero-order valence-electron chi connectivity index (χ0n) is 19.0. The van der Waals surface area contributed by atoms with Gasteiger partial charge in [-0.2, -0.15) is 0 Å². The summed E-state index contributed by atoms with van der Waals surface area (Å²) in [5.41, 5.74) is 7.21. The molecule has 0 bridgehead atoms. The molecule has 4 aromatic rings. The molecule has 156 valence electrons. The number of para-hydroxylation sites is 1. The van der Waals surface area contributed by atoms with Gasteiger partial charge in [0.25, 0.3) is 0 Å². The van der Waals surface area contributed by atoms with Crippen LogP contribution in [0.15, 0.2) is 59.0 Å². The molecule has 0 unspecified atom stereocenters. The minimum atomic E-state index is -0.446. The quantitative estimate of drug-likeness (QED) is 0.351. The summed E-state index contributed by atoms with van der Waals surface area (Å²) in [7, 11) is -0.446. The van der Waals surface area contributed by atoms with Crippen LogP contribution in [0.3, 0.4) is 0 Å². The van der Waals surface area contributed by atoms with Crippen LogP contribution in [0.25, 0.3) is 33.1 Å². The summed E-state index contributed by atoms with van der Waals surface area (Å²) in [6.07, 6.45) is 0. The van der Waals surface area contributed by atoms with Gasteiger partial charge >= 0.3 is 7.12 Å². The van der Waals surface area contributed by atoms with Crippen LogP contribution in [0.5, 0.6) is 0 Å². The number of hydrogen-bond donors (Lipinski definition) is 0. The largest absolute Gasteiger partial charge is 0.498 e. The normalized spacial score (nSPS) is 20.4. The van der Waals surface area contributed by atoms with E-state index < -0.39 is 7.12 Å². The van der Waals surface area contributed by atoms with Gasteiger partial charge in [0.1, 0.15) is 11.2 Å². The molecule has 1 saturated heterocycles. The lowest BCUT2D eigenvalue weighted by molar-refractivity contribution is 0.00578. The maximum Gasteiger partial charge on any atom is 0.498 e. The minimum absolute atomic E-state index is 0.0480. The highest BCUT2D eigenvalue weighted by molar-refractivity contribution is 6.65. The predicted molar refractivity (Wildman–Crippen MR) is 127 cm³/mol. The van der Waals surface area contributed by atoms with E-state index in [2.05, 4.69) is 96.1 Å². The average Bonchev–Trinajstić information content (AvgIpc) is 3.27. The summed E-state index contributed by atoms with van der Waals surface area (Å²) >= 11 is 0. The molecular weight excluding hydrogens is 383 g/mol. The van der Waals surface area contributed by atoms with E-state index >= 15 is 0 Å². The maximum absolute atomic E-state index is 6.49. The first-order valence-electron chi connectivity index (χ1n) is 11.1. The van der Waals surface area contributed by atoms with E-state index in [9.17, 15) is 0 Å². The Morgan fingerprint density at radius 3 is 2.13 bits per heavy atom. The fraction of sp³-hybridized carbons (Fsp3) is 0.333. The minimum Gasteiger partial charge on any atom is -0.456 e. The fourth-order valence-corrected chi connectivity index (χ4v) is 5.17. The van der Waals surface area contributed by atoms with Crippen molar-refractivity contribution in [2.75, 3.05) is 0 Å². The number of fused-ring (bicyclic) bond motifs is 6. The number of furan rings is 1. The first-order valence-corrected chi connectivity index (χ1v) is 11.1. The van der Waals surface area contributed by atoms with E-state index in [1.807, 2.05) is 0 Å². The molecule has 0 saturated carbocycles. The molecule has 0 spiro atoms. The van der Waals surface area contributed by atoms with Crippen molar-refractivity contribution in [1.29, 1.82) is 0 Å². The fourth-order valence-electron chi connectivity index (χ4n) is 5.17. The summed E-state index contributed by atoms with van der Waals surface area (Å²) in [6, 6.07) is 19.5. The molecule has 2 aliphatic rings. The molecule has 0 amide bonds. The molecule has 3 nitrogen and oxygen atoms in total. The lowest BCUT2D eigenvalue weighted by Gasteiger charge is -2.32. The third kappa shape index (κ3) is 2.43. The molecule has 4 heteroatoms. The van der Waals surface area contributed by atoms with Gasteiger partial charge in [-0.15, -0.1) is 0 Å². The van der Waals surface area contributed by atoms with Crippen molar-refractivity contribution in [3.05, 3.63) is 65.7 Å². The Labute approximate surface area is 183 Å². The second-order valence-electron chi connectivity index (χ2n) is 10.5. The van der Waals surface area contributed by atoms with Crippen molar-refractivity contribution in [2.45, 2.75) is 58.2 Å². The second kappa shape index (κ2) is 5.82. The topological polar surface area (TPSA) is 31.6 Å². The molecule has 1 aromatic heterocycles. The van der Waals surface area contributed by atoms with E-state index in [-0.39, 0.29) is 16.6 Å². The SMILES string of the molecule is CC1(C)c2ccccc2-c2cc3c(cc21)oc1c(B2OC(C)(C)C(C)(C)O2)cccc13. The average molecular weight is 410 g/mol. The van der Waals surface area contributed by atoms with Crippen molar-refractivity contribution in [3.8, 4) is 11.1 Å². The molecule has 0 N–H and O–H groups in total. The van der Waals surface area contributed by atoms with Crippen LogP contribution in [0.1, 0.15) is 52.7 Å². The number of hydrogen-bond acceptors (Lipinski definition) is 3. The lowest BCUT2D eigenvalue weighted by Crippen LogP contribution is -2.41. The van der Waals surface area contributed by atoms with Crippen LogP contribution < -0.4 is 5.46 Å². The van der Waals surface area contributed by atoms with Crippen LogP contribution in [0.2, 0.25) is 0 Å². The number of rotatable bonds is 1. The van der Waals surface area contributed by atoms with E-state index in [0.717, 1.165) is 27.4 Å². The molecular formula is C27H27BO3. The van der Waals surface area contributed by atoms with E-state index in [1.54, 1.807) is 0 Å². The Kier molecular flexibility index (Phi) is 3.59. The monoisotopic (exact) mass is 410 g/mol. The molecule has 0 radical (unpaired) electrons. The van der Waals surface area contributed by atoms with E-state index in [1.165, 1.54) is 22.3 Å². The third-order valence-corrected chi connectivity index (χ3v) is 7.74. The van der Waals surface area contributed by atoms with Crippen LogP contribution >= 0.6 is 0 Å². The van der Waals surface area contributed by atoms with Gasteiger partial charge in [-0.25, -0.2) is 0 Å². The van der Waals surface area contributed by atoms with Crippen LogP contribution in [0, 0.1) is 0 Å². The Bertz CT molecular complexity index is 1360. The third-order valence-electron chi connectivity index (χ3n) is 7.74. The summed E-state index contributed by atoms with van der Waals surface area (Å²) in [5, 5.41) is 2.24. The standard InChI is InChI=1S/C27H27BO3/c1-25(2)20-12-8-7-10-16(20)18-14-19-17-11-9-13-22(24(17)29-23(19)15-21(18)25)28-30-26(3,4)27(5,6)31-28/h7-15H,1-6H3. The molecule has 2 heterocycles. The van der Waals surface area contributed by atoms with Gasteiger partial charge in [0, 0.05) is 21.7 Å². The molecule has 3 aromatic carbocycles. The zero-order chi connectivity index (χ0) is 21.8. The Morgan fingerprint density at radius 2 is 1.39 bits per heavy atom. The summed E-state index contributed by atoms with van der Waals surface area (Å²) in [5.74, 6) is 0. The molecule has 1 aliphatic heterocycles. The predicted octanol–water partition coefficient (Wildman–Crippen LogP) is 6.19. The summed E-state index contributed by atoms with van der Waals surface area (Å²) in [6.45, 7) is 12.9. The zero-order valence-corrected chi connectivity index (χ0v) is 19.0. The highest BCUT2D eigenvalue weighted by Gasteiger charge is 2.52. The Hall–Kier alpha value is -2.56. The molecule has 6 rings (SSSR count). The molecule has 0 atom stereocenters. The van der Waals surface area contributed by atoms with Gasteiger partial charge in [0.05, 0.1) is 11.2 Å². The van der Waals surface area contributed by atoms with Gasteiger partial charge in [0.15, 0.2) is 0 Å². The summed E-state index contributed by atoms with van der Waals surface area (Å²) < 4.78 is 19.2. The van der Waals surface area contributed by atoms with Gasteiger partial charge in [-0.3, -0.25) is 0 Å². The highest BCUT2D eigenvalue weighted by Crippen LogP contribution is 2.50. The lowest BCUT2D eigenvalue weighted by atomic mass is 9.78. The van der Waals surface area contributed by atoms with Crippen molar-refractivity contribution in [3.63, 3.8) is 0 Å². The van der Waals surface area contributed by atoms with E-state index in [0.29, 0.717) is 0 Å².